The Morgan fingerprint density at radius 1 is 1.24 bits per heavy atom. The van der Waals surface area contributed by atoms with Gasteiger partial charge in [-0.05, 0) is 24.1 Å². The predicted molar refractivity (Wildman–Crippen MR) is 79.4 cm³/mol. The summed E-state index contributed by atoms with van der Waals surface area (Å²) in [5, 5.41) is 8.96. The summed E-state index contributed by atoms with van der Waals surface area (Å²) in [6, 6.07) is 6.25. The Kier molecular flexibility index (Phi) is 6.80. The molecule has 0 saturated carbocycles. The minimum absolute atomic E-state index is 0.0937. The molecule has 0 aliphatic heterocycles. The molecule has 0 atom stereocenters. The van der Waals surface area contributed by atoms with Crippen molar-refractivity contribution < 1.29 is 23.1 Å². The maximum atomic E-state index is 12.3. The molecule has 1 aromatic rings. The van der Waals surface area contributed by atoms with Gasteiger partial charge in [0.15, 0.2) is 0 Å². The number of aliphatic hydroxyl groups is 1. The first kappa shape index (κ1) is 17.6. The number of sulfonamides is 1. The predicted octanol–water partition coefficient (Wildman–Crippen LogP) is 1.01. The van der Waals surface area contributed by atoms with Crippen LogP contribution >= 0.6 is 0 Å². The van der Waals surface area contributed by atoms with E-state index in [4.69, 9.17) is 5.11 Å². The van der Waals surface area contributed by atoms with Gasteiger partial charge in [0.1, 0.15) is 0 Å². The molecule has 1 N–H and O–H groups in total. The van der Waals surface area contributed by atoms with Crippen molar-refractivity contribution in [2.24, 2.45) is 0 Å². The number of nitrogens with zero attached hydrogens (tertiary/aromatic N) is 1. The van der Waals surface area contributed by atoms with Gasteiger partial charge in [0.25, 0.3) is 0 Å². The molecule has 0 heterocycles. The van der Waals surface area contributed by atoms with Crippen molar-refractivity contribution in [1.29, 1.82) is 0 Å². The van der Waals surface area contributed by atoms with Gasteiger partial charge in [0, 0.05) is 13.1 Å². The zero-order valence-corrected chi connectivity index (χ0v) is 13.1. The monoisotopic (exact) mass is 315 g/mol. The third-order valence-electron chi connectivity index (χ3n) is 2.94. The van der Waals surface area contributed by atoms with E-state index in [2.05, 4.69) is 4.74 Å². The first-order chi connectivity index (χ1) is 9.94. The van der Waals surface area contributed by atoms with E-state index in [0.29, 0.717) is 24.1 Å². The summed E-state index contributed by atoms with van der Waals surface area (Å²) in [4.78, 5) is 11.3. The highest BCUT2D eigenvalue weighted by molar-refractivity contribution is 7.88. The molecule has 0 aromatic heterocycles. The normalized spacial score (nSPS) is 11.6. The zero-order valence-electron chi connectivity index (χ0n) is 12.3. The number of carbonyl (C=O) groups is 1. The Bertz CT molecular complexity index is 547. The van der Waals surface area contributed by atoms with Crippen molar-refractivity contribution >= 4 is 16.0 Å². The fourth-order valence-corrected chi connectivity index (χ4v) is 3.52. The van der Waals surface area contributed by atoms with E-state index >= 15 is 0 Å². The molecule has 0 spiro atoms. The Morgan fingerprint density at radius 2 is 1.86 bits per heavy atom. The molecule has 0 aliphatic carbocycles. The summed E-state index contributed by atoms with van der Waals surface area (Å²) in [6.07, 6.45) is 0.681. The van der Waals surface area contributed by atoms with Gasteiger partial charge in [-0.3, -0.25) is 0 Å². The summed E-state index contributed by atoms with van der Waals surface area (Å²) in [5.74, 6) is -0.619. The SMILES string of the molecule is CCCN(CCO)S(=O)(=O)Cc1ccc(C(=O)OC)cc1. The van der Waals surface area contributed by atoms with Crippen molar-refractivity contribution in [3.05, 3.63) is 35.4 Å². The molecule has 1 aromatic carbocycles. The lowest BCUT2D eigenvalue weighted by atomic mass is 10.1. The number of methoxy groups -OCH3 is 1. The van der Waals surface area contributed by atoms with Crippen LogP contribution in [-0.2, 0) is 20.5 Å². The number of rotatable bonds is 8. The average Bonchev–Trinajstić information content (AvgIpc) is 2.46. The smallest absolute Gasteiger partial charge is 0.337 e. The summed E-state index contributed by atoms with van der Waals surface area (Å²) < 4.78 is 30.4. The number of hydrogen-bond donors (Lipinski definition) is 1. The van der Waals surface area contributed by atoms with E-state index < -0.39 is 16.0 Å². The largest absolute Gasteiger partial charge is 0.465 e. The first-order valence-corrected chi connectivity index (χ1v) is 8.31. The van der Waals surface area contributed by atoms with E-state index in [-0.39, 0.29) is 18.9 Å². The lowest BCUT2D eigenvalue weighted by Gasteiger charge is -2.20. The fraction of sp³-hybridized carbons (Fsp3) is 0.500. The molecule has 1 rings (SSSR count). The zero-order chi connectivity index (χ0) is 15.9. The van der Waals surface area contributed by atoms with Crippen molar-refractivity contribution in [3.8, 4) is 0 Å². The number of ether oxygens (including phenoxy) is 1. The van der Waals surface area contributed by atoms with E-state index in [9.17, 15) is 13.2 Å². The second kappa shape index (κ2) is 8.11. The quantitative estimate of drug-likeness (QED) is 0.724. The second-order valence-electron chi connectivity index (χ2n) is 4.57. The Hall–Kier alpha value is -1.44. The molecule has 0 saturated heterocycles. The van der Waals surface area contributed by atoms with Gasteiger partial charge in [-0.15, -0.1) is 0 Å². The molecule has 0 fully saturated rings. The summed E-state index contributed by atoms with van der Waals surface area (Å²) >= 11 is 0. The summed E-state index contributed by atoms with van der Waals surface area (Å²) in [7, 11) is -2.19. The molecule has 118 valence electrons. The highest BCUT2D eigenvalue weighted by Crippen LogP contribution is 2.13. The second-order valence-corrected chi connectivity index (χ2v) is 6.54. The van der Waals surface area contributed by atoms with Crippen LogP contribution < -0.4 is 0 Å². The highest BCUT2D eigenvalue weighted by Gasteiger charge is 2.21. The Morgan fingerprint density at radius 3 is 2.33 bits per heavy atom. The molecule has 0 aliphatic rings. The maximum Gasteiger partial charge on any atom is 0.337 e. The Balaban J connectivity index is 2.85. The highest BCUT2D eigenvalue weighted by atomic mass is 32.2. The van der Waals surface area contributed by atoms with Crippen LogP contribution in [0.25, 0.3) is 0 Å². The molecule has 21 heavy (non-hydrogen) atoms. The third kappa shape index (κ3) is 5.11. The van der Waals surface area contributed by atoms with Gasteiger partial charge in [-0.2, -0.15) is 4.31 Å². The maximum absolute atomic E-state index is 12.3. The number of carbonyl (C=O) groups excluding carboxylic acids is 1. The van der Waals surface area contributed by atoms with Gasteiger partial charge in [0.2, 0.25) is 10.0 Å². The lowest BCUT2D eigenvalue weighted by molar-refractivity contribution is 0.0600. The van der Waals surface area contributed by atoms with Gasteiger partial charge < -0.3 is 9.84 Å². The van der Waals surface area contributed by atoms with Crippen LogP contribution in [0, 0.1) is 0 Å². The van der Waals surface area contributed by atoms with Gasteiger partial charge in [-0.25, -0.2) is 13.2 Å². The molecule has 6 nitrogen and oxygen atoms in total. The van der Waals surface area contributed by atoms with Crippen molar-refractivity contribution in [2.75, 3.05) is 26.8 Å². The third-order valence-corrected chi connectivity index (χ3v) is 4.79. The molecular formula is C14H21NO5S. The van der Waals surface area contributed by atoms with Gasteiger partial charge in [0.05, 0.1) is 25.0 Å². The summed E-state index contributed by atoms with van der Waals surface area (Å²) in [6.45, 7) is 2.14. The number of benzene rings is 1. The summed E-state index contributed by atoms with van der Waals surface area (Å²) in [5.41, 5.74) is 0.959. The minimum Gasteiger partial charge on any atom is -0.465 e. The van der Waals surface area contributed by atoms with Crippen LogP contribution in [0.15, 0.2) is 24.3 Å². The number of hydrogen-bond acceptors (Lipinski definition) is 5. The topological polar surface area (TPSA) is 83.9 Å². The Labute approximate surface area is 125 Å². The van der Waals surface area contributed by atoms with Gasteiger partial charge >= 0.3 is 5.97 Å². The van der Waals surface area contributed by atoms with Crippen LogP contribution in [0.1, 0.15) is 29.3 Å². The first-order valence-electron chi connectivity index (χ1n) is 6.70. The van der Waals surface area contributed by atoms with Crippen molar-refractivity contribution in [3.63, 3.8) is 0 Å². The molecular weight excluding hydrogens is 294 g/mol. The van der Waals surface area contributed by atoms with Crippen molar-refractivity contribution in [1.82, 2.24) is 4.31 Å². The van der Waals surface area contributed by atoms with Crippen LogP contribution in [-0.4, -0.2) is 50.6 Å². The fourth-order valence-electron chi connectivity index (χ4n) is 1.91. The lowest BCUT2D eigenvalue weighted by Crippen LogP contribution is -2.35. The van der Waals surface area contributed by atoms with Crippen LogP contribution in [0.5, 0.6) is 0 Å². The van der Waals surface area contributed by atoms with E-state index in [1.54, 1.807) is 12.1 Å². The number of esters is 1. The molecule has 7 heteroatoms. The van der Waals surface area contributed by atoms with Crippen LogP contribution in [0.3, 0.4) is 0 Å². The molecule has 0 unspecified atom stereocenters. The molecule has 0 bridgehead atoms. The van der Waals surface area contributed by atoms with E-state index in [0.717, 1.165) is 0 Å². The van der Waals surface area contributed by atoms with Crippen LogP contribution in [0.2, 0.25) is 0 Å². The molecule has 0 amide bonds. The van der Waals surface area contributed by atoms with Crippen molar-refractivity contribution in [2.45, 2.75) is 19.1 Å². The standard InChI is InChI=1S/C14H21NO5S/c1-3-8-15(9-10-16)21(18,19)11-12-4-6-13(7-5-12)14(17)20-2/h4-7,16H,3,8-11H2,1-2H3. The van der Waals surface area contributed by atoms with Crippen LogP contribution in [0.4, 0.5) is 0 Å². The van der Waals surface area contributed by atoms with Gasteiger partial charge in [-0.1, -0.05) is 19.1 Å². The minimum atomic E-state index is -3.48. The number of aliphatic hydroxyl groups excluding tert-OH is 1. The molecule has 0 radical (unpaired) electrons. The van der Waals surface area contributed by atoms with E-state index in [1.807, 2.05) is 6.92 Å². The van der Waals surface area contributed by atoms with E-state index in [1.165, 1.54) is 23.5 Å². The average molecular weight is 315 g/mol.